The average molecular weight is 607 g/mol. The van der Waals surface area contributed by atoms with Crippen molar-refractivity contribution in [1.29, 1.82) is 0 Å². The van der Waals surface area contributed by atoms with Gasteiger partial charge < -0.3 is 20.0 Å². The molecule has 0 saturated carbocycles. The Morgan fingerprint density at radius 1 is 0.878 bits per heavy atom. The third-order valence-corrected chi connectivity index (χ3v) is 8.81. The Morgan fingerprint density at radius 2 is 1.71 bits per heavy atom. The van der Waals surface area contributed by atoms with Gasteiger partial charge in [-0.3, -0.25) is 4.79 Å². The molecule has 210 valence electrons. The van der Waals surface area contributed by atoms with Crippen molar-refractivity contribution >= 4 is 57.9 Å². The van der Waals surface area contributed by atoms with Crippen molar-refractivity contribution in [3.63, 3.8) is 0 Å². The molecule has 2 aliphatic heterocycles. The van der Waals surface area contributed by atoms with Crippen LogP contribution in [0.25, 0.3) is 11.1 Å². The summed E-state index contributed by atoms with van der Waals surface area (Å²) >= 11 is 18.6. The number of anilines is 3. The van der Waals surface area contributed by atoms with Crippen LogP contribution < -0.4 is 15.1 Å². The van der Waals surface area contributed by atoms with Crippen LogP contribution in [0.2, 0.25) is 15.1 Å². The molecule has 0 radical (unpaired) electrons. The van der Waals surface area contributed by atoms with Crippen LogP contribution in [-0.4, -0.2) is 55.1 Å². The van der Waals surface area contributed by atoms with Crippen molar-refractivity contribution in [1.82, 2.24) is 9.88 Å². The highest BCUT2D eigenvalue weighted by atomic mass is 35.5. The van der Waals surface area contributed by atoms with Gasteiger partial charge >= 0.3 is 0 Å². The smallest absolute Gasteiger partial charge is 0.253 e. The number of aryl methyl sites for hydroxylation is 1. The summed E-state index contributed by atoms with van der Waals surface area (Å²) in [7, 11) is 0. The zero-order valence-electron chi connectivity index (χ0n) is 22.7. The van der Waals surface area contributed by atoms with E-state index in [0.29, 0.717) is 28.7 Å². The van der Waals surface area contributed by atoms with Gasteiger partial charge in [-0.05, 0) is 72.1 Å². The highest BCUT2D eigenvalue weighted by molar-refractivity contribution is 6.42. The van der Waals surface area contributed by atoms with Crippen LogP contribution in [0.1, 0.15) is 21.5 Å². The van der Waals surface area contributed by atoms with Crippen LogP contribution in [0.15, 0.2) is 72.9 Å². The standard InChI is InChI=1S/C32H30Cl3N5O/c1-21-5-6-26(33)16-25(21)20-40-10-9-36-31-30(40)17-24(19-37-31)22-3-2-4-23(15-22)32(41)39-13-11-38(12-14-39)27-7-8-28(34)29(35)18-27/h2-8,15-19H,9-14,20H2,1H3,(H,36,37). The summed E-state index contributed by atoms with van der Waals surface area (Å²) in [5.74, 6) is 0.901. The lowest BCUT2D eigenvalue weighted by atomic mass is 10.0. The molecule has 2 aliphatic rings. The number of carbonyl (C=O) groups is 1. The number of hydrogen-bond acceptors (Lipinski definition) is 5. The fourth-order valence-electron chi connectivity index (χ4n) is 5.46. The van der Waals surface area contributed by atoms with E-state index in [4.69, 9.17) is 39.8 Å². The Balaban J connectivity index is 1.18. The van der Waals surface area contributed by atoms with Crippen molar-refractivity contribution in [2.24, 2.45) is 0 Å². The molecule has 4 aromatic rings. The molecule has 1 saturated heterocycles. The van der Waals surface area contributed by atoms with Gasteiger partial charge in [-0.15, -0.1) is 0 Å². The first-order valence-corrected chi connectivity index (χ1v) is 14.8. The van der Waals surface area contributed by atoms with Gasteiger partial charge in [-0.1, -0.05) is 53.0 Å². The number of fused-ring (bicyclic) bond motifs is 1. The number of aromatic nitrogens is 1. The highest BCUT2D eigenvalue weighted by Gasteiger charge is 2.24. The Morgan fingerprint density at radius 3 is 2.51 bits per heavy atom. The molecule has 0 unspecified atom stereocenters. The minimum absolute atomic E-state index is 0.0336. The first-order chi connectivity index (χ1) is 19.9. The lowest BCUT2D eigenvalue weighted by Crippen LogP contribution is -2.48. The third kappa shape index (κ3) is 5.96. The van der Waals surface area contributed by atoms with E-state index >= 15 is 0 Å². The Kier molecular flexibility index (Phi) is 7.98. The van der Waals surface area contributed by atoms with Gasteiger partial charge in [0.25, 0.3) is 5.91 Å². The monoisotopic (exact) mass is 605 g/mol. The van der Waals surface area contributed by atoms with Gasteiger partial charge in [0.05, 0.1) is 15.7 Å². The van der Waals surface area contributed by atoms with E-state index in [1.165, 1.54) is 11.1 Å². The van der Waals surface area contributed by atoms with Crippen LogP contribution in [0, 0.1) is 6.92 Å². The van der Waals surface area contributed by atoms with Crippen molar-refractivity contribution in [3.8, 4) is 11.1 Å². The topological polar surface area (TPSA) is 51.7 Å². The number of carbonyl (C=O) groups excluding carboxylic acids is 1. The molecule has 6 rings (SSSR count). The number of rotatable bonds is 5. The van der Waals surface area contributed by atoms with Gasteiger partial charge in [0.15, 0.2) is 0 Å². The maximum atomic E-state index is 13.5. The minimum Gasteiger partial charge on any atom is -0.368 e. The SMILES string of the molecule is Cc1ccc(Cl)cc1CN1CCNc2ncc(-c3cccc(C(=O)N4CCN(c5ccc(Cl)c(Cl)c5)CC4)c3)cc21. The van der Waals surface area contributed by atoms with E-state index in [1.54, 1.807) is 0 Å². The second-order valence-corrected chi connectivity index (χ2v) is 11.7. The molecule has 3 heterocycles. The summed E-state index contributed by atoms with van der Waals surface area (Å²) in [4.78, 5) is 24.7. The largest absolute Gasteiger partial charge is 0.368 e. The summed E-state index contributed by atoms with van der Waals surface area (Å²) in [6.45, 7) is 7.26. The summed E-state index contributed by atoms with van der Waals surface area (Å²) < 4.78 is 0. The predicted octanol–water partition coefficient (Wildman–Crippen LogP) is 7.41. The lowest BCUT2D eigenvalue weighted by Gasteiger charge is -2.36. The summed E-state index contributed by atoms with van der Waals surface area (Å²) in [5.41, 5.74) is 7.08. The third-order valence-electron chi connectivity index (χ3n) is 7.83. The number of piperazine rings is 1. The van der Waals surface area contributed by atoms with Crippen molar-refractivity contribution in [3.05, 3.63) is 105 Å². The minimum atomic E-state index is 0.0336. The maximum Gasteiger partial charge on any atom is 0.253 e. The summed E-state index contributed by atoms with van der Waals surface area (Å²) in [6, 6.07) is 21.7. The van der Waals surface area contributed by atoms with Crippen LogP contribution >= 0.6 is 34.8 Å². The van der Waals surface area contributed by atoms with Crippen molar-refractivity contribution in [2.45, 2.75) is 13.5 Å². The Hall–Kier alpha value is -3.45. The molecule has 1 N–H and O–H groups in total. The molecule has 0 aliphatic carbocycles. The number of hydrogen-bond donors (Lipinski definition) is 1. The molecule has 3 aromatic carbocycles. The second kappa shape index (κ2) is 11.8. The fourth-order valence-corrected chi connectivity index (χ4v) is 5.95. The Bertz CT molecular complexity index is 1600. The molecule has 1 fully saturated rings. The van der Waals surface area contributed by atoms with Crippen molar-refractivity contribution < 1.29 is 4.79 Å². The molecule has 0 bridgehead atoms. The lowest BCUT2D eigenvalue weighted by molar-refractivity contribution is 0.0747. The number of pyridine rings is 1. The van der Waals surface area contributed by atoms with Crippen LogP contribution in [0.3, 0.4) is 0 Å². The average Bonchev–Trinajstić information content (AvgIpc) is 3.00. The number of amides is 1. The van der Waals surface area contributed by atoms with E-state index in [0.717, 1.165) is 66.1 Å². The first-order valence-electron chi connectivity index (χ1n) is 13.7. The zero-order valence-corrected chi connectivity index (χ0v) is 25.0. The number of benzene rings is 3. The van der Waals surface area contributed by atoms with E-state index in [-0.39, 0.29) is 5.91 Å². The van der Waals surface area contributed by atoms with E-state index in [2.05, 4.69) is 34.2 Å². The van der Waals surface area contributed by atoms with Gasteiger partial charge in [-0.2, -0.15) is 0 Å². The van der Waals surface area contributed by atoms with Gasteiger partial charge in [-0.25, -0.2) is 4.98 Å². The molecule has 9 heteroatoms. The predicted molar refractivity (Wildman–Crippen MR) is 170 cm³/mol. The molecular weight excluding hydrogens is 577 g/mol. The van der Waals surface area contributed by atoms with E-state index in [9.17, 15) is 4.79 Å². The number of halogens is 3. The fraction of sp³-hybridized carbons (Fsp3) is 0.250. The normalized spacial score (nSPS) is 15.0. The summed E-state index contributed by atoms with van der Waals surface area (Å²) in [6.07, 6.45) is 1.87. The van der Waals surface area contributed by atoms with Crippen molar-refractivity contribution in [2.75, 3.05) is 54.4 Å². The molecule has 1 aromatic heterocycles. The quantitative estimate of drug-likeness (QED) is 0.256. The second-order valence-electron chi connectivity index (χ2n) is 10.5. The van der Waals surface area contributed by atoms with Gasteiger partial charge in [0.2, 0.25) is 0 Å². The van der Waals surface area contributed by atoms with Gasteiger partial charge in [0.1, 0.15) is 5.82 Å². The first kappa shape index (κ1) is 27.7. The maximum absolute atomic E-state index is 13.5. The number of nitrogens with one attached hydrogen (secondary N) is 1. The molecule has 0 atom stereocenters. The van der Waals surface area contributed by atoms with Gasteiger partial charge in [0, 0.05) is 73.8 Å². The molecular formula is C32H30Cl3N5O. The van der Waals surface area contributed by atoms with Crippen LogP contribution in [0.4, 0.5) is 17.2 Å². The Labute approximate surface area is 255 Å². The molecule has 0 spiro atoms. The van der Waals surface area contributed by atoms with Crippen LogP contribution in [0.5, 0.6) is 0 Å². The highest BCUT2D eigenvalue weighted by Crippen LogP contribution is 2.34. The molecule has 41 heavy (non-hydrogen) atoms. The van der Waals surface area contributed by atoms with E-state index < -0.39 is 0 Å². The van der Waals surface area contributed by atoms with E-state index in [1.807, 2.05) is 65.7 Å². The summed E-state index contributed by atoms with van der Waals surface area (Å²) in [5, 5.41) is 5.24. The zero-order chi connectivity index (χ0) is 28.5. The number of nitrogens with zero attached hydrogens (tertiary/aromatic N) is 4. The molecule has 6 nitrogen and oxygen atoms in total. The van der Waals surface area contributed by atoms with Crippen LogP contribution in [-0.2, 0) is 6.54 Å². The molecule has 1 amide bonds.